The van der Waals surface area contributed by atoms with Gasteiger partial charge >= 0.3 is 12.1 Å². The van der Waals surface area contributed by atoms with Crippen LogP contribution in [0.3, 0.4) is 0 Å². The molecule has 0 bridgehead atoms. The molecule has 1 saturated heterocycles. The summed E-state index contributed by atoms with van der Waals surface area (Å²) in [5.74, 6) is -0.193. The number of thiazole rings is 1. The Balaban J connectivity index is 1.48. The number of nitrogens with zero attached hydrogens (tertiary/aromatic N) is 3. The molecule has 33 heavy (non-hydrogen) atoms. The predicted molar refractivity (Wildman–Crippen MR) is 125 cm³/mol. The summed E-state index contributed by atoms with van der Waals surface area (Å²) in [6, 6.07) is 7.16. The Hall–Kier alpha value is -2.94. The Labute approximate surface area is 197 Å². The summed E-state index contributed by atoms with van der Waals surface area (Å²) in [5, 5.41) is 16.9. The average Bonchev–Trinajstić information content (AvgIpc) is 3.47. The number of hydrogen-bond acceptors (Lipinski definition) is 7. The first-order chi connectivity index (χ1) is 15.7. The minimum Gasteiger partial charge on any atom is -0.465 e. The van der Waals surface area contributed by atoms with Crippen LogP contribution in [0.5, 0.6) is 0 Å². The highest BCUT2D eigenvalue weighted by molar-refractivity contribution is 7.10. The molecule has 3 unspecified atom stereocenters. The Morgan fingerprint density at radius 1 is 1.27 bits per heavy atom. The van der Waals surface area contributed by atoms with Gasteiger partial charge in [-0.3, -0.25) is 0 Å². The van der Waals surface area contributed by atoms with Crippen molar-refractivity contribution in [3.05, 3.63) is 51.5 Å². The number of aromatic nitrogens is 1. The molecule has 1 amide bonds. The maximum Gasteiger partial charge on any atom is 0.407 e. The molecular formula is C24H29N3O5S. The van der Waals surface area contributed by atoms with Crippen molar-refractivity contribution in [1.82, 2.24) is 9.88 Å². The van der Waals surface area contributed by atoms with E-state index in [1.165, 1.54) is 7.11 Å². The number of rotatable bonds is 4. The fourth-order valence-corrected chi connectivity index (χ4v) is 5.60. The topological polar surface area (TPSA) is 101 Å². The highest BCUT2D eigenvalue weighted by Gasteiger charge is 2.40. The molecule has 1 N–H and O–H groups in total. The number of hydrogen-bond donors (Lipinski definition) is 1. The van der Waals surface area contributed by atoms with E-state index in [9.17, 15) is 14.7 Å². The smallest absolute Gasteiger partial charge is 0.407 e. The number of esters is 1. The third-order valence-corrected chi connectivity index (χ3v) is 7.40. The quantitative estimate of drug-likeness (QED) is 0.625. The van der Waals surface area contributed by atoms with E-state index in [1.807, 2.05) is 17.5 Å². The molecule has 0 saturated carbocycles. The summed E-state index contributed by atoms with van der Waals surface area (Å²) in [6.45, 7) is 6.76. The number of methoxy groups -OCH3 is 1. The fourth-order valence-electron chi connectivity index (χ4n) is 4.62. The van der Waals surface area contributed by atoms with Gasteiger partial charge in [0, 0.05) is 35.9 Å². The van der Waals surface area contributed by atoms with Crippen LogP contribution in [0.4, 0.5) is 4.79 Å². The van der Waals surface area contributed by atoms with Crippen molar-refractivity contribution in [3.63, 3.8) is 0 Å². The van der Waals surface area contributed by atoms with Crippen molar-refractivity contribution in [2.45, 2.75) is 58.1 Å². The normalized spacial score (nSPS) is 23.1. The van der Waals surface area contributed by atoms with Gasteiger partial charge in [0.2, 0.25) is 0 Å². The summed E-state index contributed by atoms with van der Waals surface area (Å²) in [6.07, 6.45) is 0.790. The first kappa shape index (κ1) is 23.2. The first-order valence-corrected chi connectivity index (χ1v) is 11.9. The van der Waals surface area contributed by atoms with Crippen LogP contribution in [0, 0.1) is 5.41 Å². The van der Waals surface area contributed by atoms with Gasteiger partial charge in [0.05, 0.1) is 23.4 Å². The third-order valence-electron chi connectivity index (χ3n) is 6.40. The minimum atomic E-state index is -0.857. The number of carboxylic acid groups (broad SMARTS) is 1. The van der Waals surface area contributed by atoms with Crippen LogP contribution >= 0.6 is 11.3 Å². The van der Waals surface area contributed by atoms with Gasteiger partial charge < -0.3 is 19.6 Å². The molecule has 0 aliphatic carbocycles. The van der Waals surface area contributed by atoms with Crippen molar-refractivity contribution in [2.75, 3.05) is 13.7 Å². The van der Waals surface area contributed by atoms with Crippen LogP contribution in [0.2, 0.25) is 0 Å². The molecule has 9 heteroatoms. The van der Waals surface area contributed by atoms with Crippen LogP contribution in [0.15, 0.2) is 34.8 Å². The molecule has 3 heterocycles. The lowest BCUT2D eigenvalue weighted by Gasteiger charge is -2.44. The van der Waals surface area contributed by atoms with Crippen molar-refractivity contribution >= 4 is 29.1 Å². The summed E-state index contributed by atoms with van der Waals surface area (Å²) in [4.78, 5) is 35.9. The second kappa shape index (κ2) is 9.13. The molecule has 0 spiro atoms. The number of ether oxygens (including phenoxy) is 1. The lowest BCUT2D eigenvalue weighted by molar-refractivity contribution is 0.0525. The minimum absolute atomic E-state index is 0.0625. The highest BCUT2D eigenvalue weighted by atomic mass is 32.1. The van der Waals surface area contributed by atoms with Crippen molar-refractivity contribution in [3.8, 4) is 0 Å². The van der Waals surface area contributed by atoms with Crippen LogP contribution in [-0.2, 0) is 9.57 Å². The van der Waals surface area contributed by atoms with Gasteiger partial charge in [0.15, 0.2) is 6.10 Å². The van der Waals surface area contributed by atoms with E-state index in [0.717, 1.165) is 34.8 Å². The van der Waals surface area contributed by atoms with Crippen LogP contribution in [0.25, 0.3) is 0 Å². The van der Waals surface area contributed by atoms with E-state index in [-0.39, 0.29) is 23.5 Å². The van der Waals surface area contributed by atoms with E-state index in [4.69, 9.17) is 14.6 Å². The van der Waals surface area contributed by atoms with Crippen LogP contribution in [-0.4, -0.2) is 52.5 Å². The Morgan fingerprint density at radius 2 is 2.03 bits per heavy atom. The van der Waals surface area contributed by atoms with Gasteiger partial charge in [-0.1, -0.05) is 44.1 Å². The second-order valence-corrected chi connectivity index (χ2v) is 10.5. The molecule has 1 fully saturated rings. The maximum absolute atomic E-state index is 12.1. The molecular weight excluding hydrogens is 442 g/mol. The predicted octanol–water partition coefficient (Wildman–Crippen LogP) is 5.07. The lowest BCUT2D eigenvalue weighted by atomic mass is 9.77. The largest absolute Gasteiger partial charge is 0.465 e. The lowest BCUT2D eigenvalue weighted by Crippen LogP contribution is -2.51. The summed E-state index contributed by atoms with van der Waals surface area (Å²) >= 11 is 1.59. The van der Waals surface area contributed by atoms with Gasteiger partial charge in [0.1, 0.15) is 5.71 Å². The van der Waals surface area contributed by atoms with Crippen LogP contribution in [0.1, 0.15) is 78.7 Å². The zero-order valence-corrected chi connectivity index (χ0v) is 20.1. The Kier molecular flexibility index (Phi) is 6.43. The van der Waals surface area contributed by atoms with Gasteiger partial charge in [-0.05, 0) is 24.3 Å². The van der Waals surface area contributed by atoms with Gasteiger partial charge in [0.25, 0.3) is 0 Å². The van der Waals surface area contributed by atoms with Gasteiger partial charge in [-0.25, -0.2) is 14.6 Å². The van der Waals surface area contributed by atoms with E-state index in [0.29, 0.717) is 18.5 Å². The average molecular weight is 472 g/mol. The number of likely N-dealkylation sites (tertiary alicyclic amines) is 1. The number of carbonyl (C=O) groups excluding carboxylic acids is 1. The third kappa shape index (κ3) is 4.73. The van der Waals surface area contributed by atoms with E-state index in [1.54, 1.807) is 28.4 Å². The number of oxime groups is 1. The number of carbonyl (C=O) groups is 2. The van der Waals surface area contributed by atoms with Crippen molar-refractivity contribution in [1.29, 1.82) is 0 Å². The van der Waals surface area contributed by atoms with E-state index >= 15 is 0 Å². The molecule has 1 aromatic carbocycles. The maximum atomic E-state index is 12.1. The molecule has 2 aromatic rings. The first-order valence-electron chi connectivity index (χ1n) is 11.0. The number of piperidine rings is 1. The van der Waals surface area contributed by atoms with Crippen molar-refractivity contribution in [2.24, 2.45) is 10.6 Å². The van der Waals surface area contributed by atoms with E-state index in [2.05, 4.69) is 25.9 Å². The van der Waals surface area contributed by atoms with Crippen molar-refractivity contribution < 1.29 is 24.3 Å². The number of benzene rings is 1. The molecule has 3 atom stereocenters. The monoisotopic (exact) mass is 471 g/mol. The highest BCUT2D eigenvalue weighted by Crippen LogP contribution is 2.40. The fraction of sp³-hybridized carbons (Fsp3) is 0.500. The molecule has 176 valence electrons. The molecule has 0 radical (unpaired) electrons. The SMILES string of the molecule is COC(=O)c1ccccc1C1CC(c2csc(C3CCN(C(=O)O)C(C(C)(C)C)C3)n2)=NO1. The Morgan fingerprint density at radius 3 is 2.73 bits per heavy atom. The van der Waals surface area contributed by atoms with Gasteiger partial charge in [-0.15, -0.1) is 11.3 Å². The summed E-state index contributed by atoms with van der Waals surface area (Å²) in [5.41, 5.74) is 2.59. The Bertz CT molecular complexity index is 1070. The zero-order valence-electron chi connectivity index (χ0n) is 19.3. The number of amides is 1. The van der Waals surface area contributed by atoms with E-state index < -0.39 is 12.1 Å². The summed E-state index contributed by atoms with van der Waals surface area (Å²) in [7, 11) is 1.36. The molecule has 2 aliphatic heterocycles. The molecule has 2 aliphatic rings. The summed E-state index contributed by atoms with van der Waals surface area (Å²) < 4.78 is 4.89. The van der Waals surface area contributed by atoms with Crippen LogP contribution < -0.4 is 0 Å². The molecule has 1 aromatic heterocycles. The standard InChI is InChI=1S/C24H29N3O5S/c1-24(2,3)20-11-14(9-10-27(20)23(29)30)21-25-18(13-33-21)17-12-19(32-26-17)15-7-5-6-8-16(15)22(28)31-4/h5-8,13-14,19-20H,9-12H2,1-4H3,(H,29,30). The molecule has 8 nitrogen and oxygen atoms in total. The molecule has 4 rings (SSSR count). The van der Waals surface area contributed by atoms with Gasteiger partial charge in [-0.2, -0.15) is 0 Å². The zero-order chi connectivity index (χ0) is 23.8. The second-order valence-electron chi connectivity index (χ2n) is 9.57.